The Morgan fingerprint density at radius 1 is 1.38 bits per heavy atom. The molecule has 92 valence electrons. The molecule has 1 aromatic rings. The molecule has 0 bridgehead atoms. The number of thiophene rings is 1. The van der Waals surface area contributed by atoms with Gasteiger partial charge in [-0.2, -0.15) is 0 Å². The lowest BCUT2D eigenvalue weighted by molar-refractivity contribution is 0.582. The summed E-state index contributed by atoms with van der Waals surface area (Å²) in [6.45, 7) is 5.79. The molecule has 2 N–H and O–H groups in total. The smallest absolute Gasteiger partial charge is 0.241 e. The molecule has 0 aliphatic carbocycles. The summed E-state index contributed by atoms with van der Waals surface area (Å²) in [6.07, 6.45) is 1.04. The van der Waals surface area contributed by atoms with Crippen LogP contribution >= 0.6 is 11.3 Å². The van der Waals surface area contributed by atoms with Gasteiger partial charge in [-0.05, 0) is 24.4 Å². The summed E-state index contributed by atoms with van der Waals surface area (Å²) in [7, 11) is -3.31. The highest BCUT2D eigenvalue weighted by Crippen LogP contribution is 2.21. The molecule has 0 aliphatic rings. The topological polar surface area (TPSA) is 58.2 Å². The Kier molecular flexibility index (Phi) is 5.40. The van der Waals surface area contributed by atoms with Gasteiger partial charge in [0.15, 0.2) is 0 Å². The molecule has 0 fully saturated rings. The molecule has 1 aromatic heterocycles. The van der Waals surface area contributed by atoms with E-state index >= 15 is 0 Å². The average Bonchev–Trinajstić information content (AvgIpc) is 2.67. The minimum absolute atomic E-state index is 0.406. The molecule has 0 amide bonds. The van der Waals surface area contributed by atoms with Gasteiger partial charge in [0.1, 0.15) is 0 Å². The first-order valence-electron chi connectivity index (χ1n) is 5.38. The van der Waals surface area contributed by atoms with Crippen molar-refractivity contribution in [1.82, 2.24) is 10.0 Å². The van der Waals surface area contributed by atoms with Gasteiger partial charge >= 0.3 is 0 Å². The van der Waals surface area contributed by atoms with Gasteiger partial charge in [0, 0.05) is 18.0 Å². The van der Waals surface area contributed by atoms with Gasteiger partial charge in [-0.3, -0.25) is 0 Å². The number of nitrogens with one attached hydrogen (secondary N) is 2. The Morgan fingerprint density at radius 3 is 2.75 bits per heavy atom. The highest BCUT2D eigenvalue weighted by atomic mass is 32.2. The van der Waals surface area contributed by atoms with E-state index in [-0.39, 0.29) is 0 Å². The fourth-order valence-corrected chi connectivity index (χ4v) is 3.80. The normalized spacial score (nSPS) is 11.9. The number of rotatable bonds is 7. The predicted octanol–water partition coefficient (Wildman–Crippen LogP) is 1.55. The first-order valence-corrected chi connectivity index (χ1v) is 7.74. The summed E-state index contributed by atoms with van der Waals surface area (Å²) >= 11 is 1.47. The molecule has 0 radical (unpaired) electrons. The van der Waals surface area contributed by atoms with Gasteiger partial charge < -0.3 is 5.32 Å². The maximum atomic E-state index is 11.8. The monoisotopic (exact) mass is 262 g/mol. The molecule has 1 rings (SSSR count). The van der Waals surface area contributed by atoms with Gasteiger partial charge in [0.2, 0.25) is 10.0 Å². The number of sulfonamides is 1. The molecule has 0 unspecified atom stereocenters. The second-order valence-electron chi connectivity index (χ2n) is 3.39. The molecule has 1 heterocycles. The zero-order valence-electron chi connectivity index (χ0n) is 9.62. The van der Waals surface area contributed by atoms with Crippen LogP contribution < -0.4 is 10.0 Å². The lowest BCUT2D eigenvalue weighted by Crippen LogP contribution is -2.24. The SMILES string of the molecule is CCCNCc1sccc1S(=O)(=O)NCC. The molecule has 0 aromatic carbocycles. The van der Waals surface area contributed by atoms with Crippen LogP contribution in [0.2, 0.25) is 0 Å². The van der Waals surface area contributed by atoms with E-state index in [1.54, 1.807) is 13.0 Å². The Hall–Kier alpha value is -0.430. The Balaban J connectivity index is 2.77. The minimum Gasteiger partial charge on any atom is -0.312 e. The van der Waals surface area contributed by atoms with E-state index < -0.39 is 10.0 Å². The second kappa shape index (κ2) is 6.34. The largest absolute Gasteiger partial charge is 0.312 e. The summed E-state index contributed by atoms with van der Waals surface area (Å²) in [5, 5.41) is 5.02. The van der Waals surface area contributed by atoms with E-state index in [1.165, 1.54) is 11.3 Å². The molecule has 4 nitrogen and oxygen atoms in total. The van der Waals surface area contributed by atoms with E-state index in [1.807, 2.05) is 5.38 Å². The standard InChI is InChI=1S/C10H18N2O2S2/c1-3-6-11-8-9-10(5-7-15-9)16(13,14)12-4-2/h5,7,11-12H,3-4,6,8H2,1-2H3. The molecule has 0 atom stereocenters. The third-order valence-electron chi connectivity index (χ3n) is 2.04. The first-order chi connectivity index (χ1) is 7.61. The van der Waals surface area contributed by atoms with E-state index in [4.69, 9.17) is 0 Å². The van der Waals surface area contributed by atoms with Crippen molar-refractivity contribution in [2.75, 3.05) is 13.1 Å². The fraction of sp³-hybridized carbons (Fsp3) is 0.600. The summed E-state index contributed by atoms with van der Waals surface area (Å²) < 4.78 is 26.1. The van der Waals surface area contributed by atoms with Crippen LogP contribution in [0.15, 0.2) is 16.3 Å². The molecule has 0 saturated carbocycles. The lowest BCUT2D eigenvalue weighted by atomic mass is 10.4. The summed E-state index contributed by atoms with van der Waals surface area (Å²) in [5.41, 5.74) is 0. The maximum absolute atomic E-state index is 11.8. The van der Waals surface area contributed by atoms with E-state index in [2.05, 4.69) is 17.0 Å². The molecule has 6 heteroatoms. The van der Waals surface area contributed by atoms with E-state index in [0.29, 0.717) is 18.0 Å². The van der Waals surface area contributed by atoms with Crippen LogP contribution in [0.3, 0.4) is 0 Å². The van der Waals surface area contributed by atoms with Crippen molar-refractivity contribution in [1.29, 1.82) is 0 Å². The molecule has 0 aliphatic heterocycles. The average molecular weight is 262 g/mol. The van der Waals surface area contributed by atoms with Crippen LogP contribution in [0.5, 0.6) is 0 Å². The summed E-state index contributed by atoms with van der Waals surface area (Å²) in [4.78, 5) is 1.28. The van der Waals surface area contributed by atoms with Crippen molar-refractivity contribution >= 4 is 21.4 Å². The molecule has 16 heavy (non-hydrogen) atoms. The van der Waals surface area contributed by atoms with Crippen LogP contribution in [0.25, 0.3) is 0 Å². The zero-order chi connectivity index (χ0) is 12.0. The molecule has 0 saturated heterocycles. The maximum Gasteiger partial charge on any atom is 0.241 e. The van der Waals surface area contributed by atoms with Gasteiger partial charge in [-0.1, -0.05) is 13.8 Å². The summed E-state index contributed by atoms with van der Waals surface area (Å²) in [5.74, 6) is 0. The van der Waals surface area contributed by atoms with Gasteiger partial charge in [-0.25, -0.2) is 13.1 Å². The zero-order valence-corrected chi connectivity index (χ0v) is 11.2. The first kappa shape index (κ1) is 13.6. The van der Waals surface area contributed by atoms with Crippen molar-refractivity contribution in [2.24, 2.45) is 0 Å². The number of hydrogen-bond donors (Lipinski definition) is 2. The van der Waals surface area contributed by atoms with Gasteiger partial charge in [0.25, 0.3) is 0 Å². The van der Waals surface area contributed by atoms with Crippen molar-refractivity contribution in [2.45, 2.75) is 31.7 Å². The van der Waals surface area contributed by atoms with Crippen LogP contribution in [0.1, 0.15) is 25.1 Å². The van der Waals surface area contributed by atoms with Crippen LogP contribution in [-0.4, -0.2) is 21.5 Å². The Morgan fingerprint density at radius 2 is 2.12 bits per heavy atom. The van der Waals surface area contributed by atoms with Gasteiger partial charge in [0.05, 0.1) is 4.90 Å². The predicted molar refractivity (Wildman–Crippen MR) is 67.2 cm³/mol. The summed E-state index contributed by atoms with van der Waals surface area (Å²) in [6, 6.07) is 1.66. The van der Waals surface area contributed by atoms with Crippen LogP contribution in [-0.2, 0) is 16.6 Å². The van der Waals surface area contributed by atoms with Crippen molar-refractivity contribution in [3.63, 3.8) is 0 Å². The lowest BCUT2D eigenvalue weighted by Gasteiger charge is -2.06. The van der Waals surface area contributed by atoms with Gasteiger partial charge in [-0.15, -0.1) is 11.3 Å². The fourth-order valence-electron chi connectivity index (χ4n) is 1.34. The van der Waals surface area contributed by atoms with Crippen LogP contribution in [0, 0.1) is 0 Å². The molecular weight excluding hydrogens is 244 g/mol. The highest BCUT2D eigenvalue weighted by Gasteiger charge is 2.17. The van der Waals surface area contributed by atoms with E-state index in [9.17, 15) is 8.42 Å². The third-order valence-corrected chi connectivity index (χ3v) is 4.72. The van der Waals surface area contributed by atoms with E-state index in [0.717, 1.165) is 17.8 Å². The van der Waals surface area contributed by atoms with Crippen molar-refractivity contribution in [3.05, 3.63) is 16.3 Å². The number of hydrogen-bond acceptors (Lipinski definition) is 4. The second-order valence-corrected chi connectivity index (χ2v) is 6.12. The Bertz CT molecular complexity index is 412. The Labute approximate surface area is 101 Å². The minimum atomic E-state index is -3.31. The molecular formula is C10H18N2O2S2. The molecule has 0 spiro atoms. The quantitative estimate of drug-likeness (QED) is 0.733. The highest BCUT2D eigenvalue weighted by molar-refractivity contribution is 7.89. The van der Waals surface area contributed by atoms with Crippen molar-refractivity contribution in [3.8, 4) is 0 Å². The third kappa shape index (κ3) is 3.55. The van der Waals surface area contributed by atoms with Crippen molar-refractivity contribution < 1.29 is 8.42 Å². The van der Waals surface area contributed by atoms with Crippen LogP contribution in [0.4, 0.5) is 0 Å².